The van der Waals surface area contributed by atoms with Crippen molar-refractivity contribution in [3.05, 3.63) is 22.7 Å². The standard InChI is InChI=1S/C16H24ClNO4/c1-5-22-14-12(17)8-11(9-13(14)21-4)10-18-7-6-16(2,3)15(19)20/h8-9,18H,5-7,10H2,1-4H3,(H,19,20). The number of nitrogens with one attached hydrogen (secondary N) is 1. The molecule has 22 heavy (non-hydrogen) atoms. The van der Waals surface area contributed by atoms with E-state index in [1.807, 2.05) is 19.1 Å². The fraction of sp³-hybridized carbons (Fsp3) is 0.562. The third kappa shape index (κ3) is 5.07. The SMILES string of the molecule is CCOc1c(Cl)cc(CNCCC(C)(C)C(=O)O)cc1OC. The highest BCUT2D eigenvalue weighted by Crippen LogP contribution is 2.36. The van der Waals surface area contributed by atoms with Crippen LogP contribution in [-0.2, 0) is 11.3 Å². The highest BCUT2D eigenvalue weighted by molar-refractivity contribution is 6.32. The molecule has 0 aliphatic rings. The van der Waals surface area contributed by atoms with Crippen LogP contribution in [0.4, 0.5) is 0 Å². The number of carboxylic acid groups (broad SMARTS) is 1. The molecule has 5 nitrogen and oxygen atoms in total. The van der Waals surface area contributed by atoms with Gasteiger partial charge in [0.1, 0.15) is 0 Å². The maximum absolute atomic E-state index is 11.0. The van der Waals surface area contributed by atoms with Crippen LogP contribution in [0.2, 0.25) is 5.02 Å². The van der Waals surface area contributed by atoms with Gasteiger partial charge in [0.15, 0.2) is 11.5 Å². The topological polar surface area (TPSA) is 67.8 Å². The quantitative estimate of drug-likeness (QED) is 0.680. The smallest absolute Gasteiger partial charge is 0.309 e. The third-order valence-corrected chi connectivity index (χ3v) is 3.69. The van der Waals surface area contributed by atoms with E-state index in [4.69, 9.17) is 26.2 Å². The van der Waals surface area contributed by atoms with Gasteiger partial charge in [0, 0.05) is 6.54 Å². The minimum atomic E-state index is -0.792. The van der Waals surface area contributed by atoms with Gasteiger partial charge in [-0.15, -0.1) is 0 Å². The zero-order chi connectivity index (χ0) is 16.8. The van der Waals surface area contributed by atoms with Gasteiger partial charge < -0.3 is 19.9 Å². The van der Waals surface area contributed by atoms with Crippen LogP contribution in [0.5, 0.6) is 11.5 Å². The predicted molar refractivity (Wildman–Crippen MR) is 86.9 cm³/mol. The second kappa shape index (κ2) is 8.25. The highest BCUT2D eigenvalue weighted by Gasteiger charge is 2.26. The van der Waals surface area contributed by atoms with Crippen LogP contribution >= 0.6 is 11.6 Å². The molecular weight excluding hydrogens is 306 g/mol. The molecular formula is C16H24ClNO4. The lowest BCUT2D eigenvalue weighted by atomic mass is 9.90. The Labute approximate surface area is 136 Å². The molecule has 0 atom stereocenters. The molecule has 1 rings (SSSR count). The lowest BCUT2D eigenvalue weighted by Gasteiger charge is -2.19. The number of aliphatic carboxylic acids is 1. The van der Waals surface area contributed by atoms with E-state index in [2.05, 4.69) is 5.32 Å². The zero-order valence-corrected chi connectivity index (χ0v) is 14.3. The molecule has 0 bridgehead atoms. The van der Waals surface area contributed by atoms with Crippen molar-refractivity contribution in [3.8, 4) is 11.5 Å². The maximum Gasteiger partial charge on any atom is 0.309 e. The van der Waals surface area contributed by atoms with E-state index in [1.165, 1.54) is 0 Å². The summed E-state index contributed by atoms with van der Waals surface area (Å²) in [5.74, 6) is 0.347. The van der Waals surface area contributed by atoms with E-state index < -0.39 is 11.4 Å². The minimum Gasteiger partial charge on any atom is -0.493 e. The number of halogens is 1. The maximum atomic E-state index is 11.0. The molecule has 0 aliphatic heterocycles. The number of hydrogen-bond acceptors (Lipinski definition) is 4. The van der Waals surface area contributed by atoms with E-state index in [9.17, 15) is 4.79 Å². The fourth-order valence-electron chi connectivity index (χ4n) is 1.90. The Balaban J connectivity index is 2.64. The van der Waals surface area contributed by atoms with Gasteiger partial charge in [-0.05, 0) is 51.4 Å². The zero-order valence-electron chi connectivity index (χ0n) is 13.5. The molecule has 0 saturated heterocycles. The normalized spacial score (nSPS) is 11.3. The number of rotatable bonds is 9. The Bertz CT molecular complexity index is 517. The second-order valence-electron chi connectivity index (χ2n) is 5.66. The van der Waals surface area contributed by atoms with Crippen molar-refractivity contribution in [2.24, 2.45) is 5.41 Å². The third-order valence-electron chi connectivity index (χ3n) is 3.41. The van der Waals surface area contributed by atoms with Crippen LogP contribution in [0.3, 0.4) is 0 Å². The van der Waals surface area contributed by atoms with Crippen LogP contribution in [0.25, 0.3) is 0 Å². The average molecular weight is 330 g/mol. The van der Waals surface area contributed by atoms with Crippen LogP contribution in [0, 0.1) is 5.41 Å². The van der Waals surface area contributed by atoms with E-state index in [0.717, 1.165) is 5.56 Å². The van der Waals surface area contributed by atoms with Crippen molar-refractivity contribution < 1.29 is 19.4 Å². The molecule has 2 N–H and O–H groups in total. The van der Waals surface area contributed by atoms with Crippen molar-refractivity contribution in [2.45, 2.75) is 33.7 Å². The Morgan fingerprint density at radius 2 is 2.09 bits per heavy atom. The Morgan fingerprint density at radius 3 is 2.64 bits per heavy atom. The first kappa shape index (κ1) is 18.6. The van der Waals surface area contributed by atoms with Gasteiger partial charge >= 0.3 is 5.97 Å². The summed E-state index contributed by atoms with van der Waals surface area (Å²) in [5, 5.41) is 12.8. The number of ether oxygens (including phenoxy) is 2. The van der Waals surface area contributed by atoms with Gasteiger partial charge in [0.05, 0.1) is 24.2 Å². The van der Waals surface area contributed by atoms with Crippen LogP contribution < -0.4 is 14.8 Å². The second-order valence-corrected chi connectivity index (χ2v) is 6.07. The van der Waals surface area contributed by atoms with Crippen molar-refractivity contribution >= 4 is 17.6 Å². The molecule has 0 heterocycles. The largest absolute Gasteiger partial charge is 0.493 e. The summed E-state index contributed by atoms with van der Waals surface area (Å²) < 4.78 is 10.8. The molecule has 0 spiro atoms. The number of carbonyl (C=O) groups is 1. The summed E-state index contributed by atoms with van der Waals surface area (Å²) in [6.07, 6.45) is 0.546. The predicted octanol–water partition coefficient (Wildman–Crippen LogP) is 3.34. The fourth-order valence-corrected chi connectivity index (χ4v) is 2.19. The molecule has 0 aliphatic carbocycles. The Hall–Kier alpha value is -1.46. The first-order chi connectivity index (χ1) is 10.3. The van der Waals surface area contributed by atoms with Crippen LogP contribution in [0.15, 0.2) is 12.1 Å². The molecule has 0 radical (unpaired) electrons. The lowest BCUT2D eigenvalue weighted by molar-refractivity contribution is -0.147. The van der Waals surface area contributed by atoms with Gasteiger partial charge in [-0.2, -0.15) is 0 Å². The van der Waals surface area contributed by atoms with Gasteiger partial charge in [0.2, 0.25) is 0 Å². The summed E-state index contributed by atoms with van der Waals surface area (Å²) in [7, 11) is 1.57. The van der Waals surface area contributed by atoms with E-state index in [0.29, 0.717) is 42.6 Å². The van der Waals surface area contributed by atoms with Crippen molar-refractivity contribution in [1.82, 2.24) is 5.32 Å². The van der Waals surface area contributed by atoms with Crippen molar-refractivity contribution in [2.75, 3.05) is 20.3 Å². The molecule has 0 unspecified atom stereocenters. The van der Waals surface area contributed by atoms with Gasteiger partial charge in [-0.25, -0.2) is 0 Å². The molecule has 0 saturated carbocycles. The molecule has 0 fully saturated rings. The number of methoxy groups -OCH3 is 1. The van der Waals surface area contributed by atoms with Gasteiger partial charge in [-0.1, -0.05) is 11.6 Å². The molecule has 6 heteroatoms. The molecule has 0 aromatic heterocycles. The summed E-state index contributed by atoms with van der Waals surface area (Å²) in [6.45, 7) is 7.01. The summed E-state index contributed by atoms with van der Waals surface area (Å²) in [5.41, 5.74) is 0.222. The van der Waals surface area contributed by atoms with Gasteiger partial charge in [-0.3, -0.25) is 4.79 Å². The van der Waals surface area contributed by atoms with Crippen molar-refractivity contribution in [1.29, 1.82) is 0 Å². The summed E-state index contributed by atoms with van der Waals surface area (Å²) in [4.78, 5) is 11.0. The van der Waals surface area contributed by atoms with Crippen LogP contribution in [-0.4, -0.2) is 31.3 Å². The summed E-state index contributed by atoms with van der Waals surface area (Å²) in [6, 6.07) is 3.69. The van der Waals surface area contributed by atoms with Crippen molar-refractivity contribution in [3.63, 3.8) is 0 Å². The molecule has 1 aromatic carbocycles. The Kier molecular flexibility index (Phi) is 6.97. The van der Waals surface area contributed by atoms with E-state index in [1.54, 1.807) is 21.0 Å². The van der Waals surface area contributed by atoms with E-state index in [-0.39, 0.29) is 0 Å². The summed E-state index contributed by atoms with van der Waals surface area (Å²) >= 11 is 6.21. The van der Waals surface area contributed by atoms with E-state index >= 15 is 0 Å². The first-order valence-corrected chi connectivity index (χ1v) is 7.63. The lowest BCUT2D eigenvalue weighted by Crippen LogP contribution is -2.28. The molecule has 124 valence electrons. The molecule has 1 aromatic rings. The minimum absolute atomic E-state index is 0.504. The number of carboxylic acids is 1. The average Bonchev–Trinajstić information content (AvgIpc) is 2.46. The number of hydrogen-bond donors (Lipinski definition) is 2. The molecule has 0 amide bonds. The first-order valence-electron chi connectivity index (χ1n) is 7.25. The van der Waals surface area contributed by atoms with Gasteiger partial charge in [0.25, 0.3) is 0 Å². The monoisotopic (exact) mass is 329 g/mol. The number of benzene rings is 1. The van der Waals surface area contributed by atoms with Crippen LogP contribution in [0.1, 0.15) is 32.8 Å². The Morgan fingerprint density at radius 1 is 1.41 bits per heavy atom. The highest BCUT2D eigenvalue weighted by atomic mass is 35.5.